The van der Waals surface area contributed by atoms with E-state index in [2.05, 4.69) is 44.3 Å². The zero-order valence-electron chi connectivity index (χ0n) is 18.8. The molecule has 2 atom stereocenters. The first-order chi connectivity index (χ1) is 13.6. The zero-order valence-corrected chi connectivity index (χ0v) is 21.2. The van der Waals surface area contributed by atoms with Crippen LogP contribution in [-0.2, 0) is 0 Å². The summed E-state index contributed by atoms with van der Waals surface area (Å²) in [4.78, 5) is 12.6. The summed E-state index contributed by atoms with van der Waals surface area (Å²) in [5.41, 5.74) is 0.298. The summed E-state index contributed by atoms with van der Waals surface area (Å²) < 4.78 is 0. The first-order valence-corrected chi connectivity index (χ1v) is 11.7. The average molecular weight is 519 g/mol. The molecule has 0 aromatic rings. The van der Waals surface area contributed by atoms with Crippen LogP contribution in [0.3, 0.4) is 0 Å². The zero-order chi connectivity index (χ0) is 19.6. The maximum atomic E-state index is 4.59. The monoisotopic (exact) mass is 518 g/mol. The van der Waals surface area contributed by atoms with Crippen LogP contribution in [0.15, 0.2) is 4.99 Å². The second kappa shape index (κ2) is 10.5. The smallest absolute Gasteiger partial charge is 0.191 e. The lowest BCUT2D eigenvalue weighted by molar-refractivity contribution is 0.0173. The van der Waals surface area contributed by atoms with Gasteiger partial charge in [-0.05, 0) is 77.7 Å². The summed E-state index contributed by atoms with van der Waals surface area (Å²) in [6.45, 7) is 10.8. The summed E-state index contributed by atoms with van der Waals surface area (Å²) in [5.74, 6) is 1.70. The van der Waals surface area contributed by atoms with Gasteiger partial charge in [-0.2, -0.15) is 0 Å². The van der Waals surface area contributed by atoms with Gasteiger partial charge in [-0.3, -0.25) is 14.8 Å². The minimum absolute atomic E-state index is 0. The molecule has 1 saturated carbocycles. The Morgan fingerprint density at radius 2 is 1.72 bits per heavy atom. The molecule has 29 heavy (non-hydrogen) atoms. The van der Waals surface area contributed by atoms with Crippen LogP contribution in [0.25, 0.3) is 0 Å². The van der Waals surface area contributed by atoms with Crippen LogP contribution in [0.5, 0.6) is 0 Å². The Labute approximate surface area is 195 Å². The Bertz CT molecular complexity index is 537. The fraction of sp³-hybridized carbons (Fsp3) is 0.955. The van der Waals surface area contributed by atoms with E-state index < -0.39 is 0 Å². The number of nitrogens with zero attached hydrogens (tertiary/aromatic N) is 4. The first kappa shape index (κ1) is 23.5. The fourth-order valence-corrected chi connectivity index (χ4v) is 5.56. The SMILES string of the molecule is CN=C(NCC1(N2CCCCC2)CCN(C)CC1)NC1CN(C2CC2)CC1C.I. The van der Waals surface area contributed by atoms with Gasteiger partial charge in [-0.25, -0.2) is 0 Å². The van der Waals surface area contributed by atoms with Gasteiger partial charge in [0.2, 0.25) is 0 Å². The molecule has 6 nitrogen and oxygen atoms in total. The van der Waals surface area contributed by atoms with Gasteiger partial charge in [-0.15, -0.1) is 24.0 Å². The Hall–Kier alpha value is -0.120. The van der Waals surface area contributed by atoms with Gasteiger partial charge in [0.05, 0.1) is 0 Å². The molecule has 3 aliphatic heterocycles. The number of likely N-dealkylation sites (tertiary alicyclic amines) is 3. The molecule has 0 spiro atoms. The molecule has 3 saturated heterocycles. The number of nitrogens with one attached hydrogen (secondary N) is 2. The number of piperidine rings is 2. The van der Waals surface area contributed by atoms with Gasteiger partial charge in [-0.1, -0.05) is 13.3 Å². The van der Waals surface area contributed by atoms with Crippen molar-refractivity contribution < 1.29 is 0 Å². The van der Waals surface area contributed by atoms with Crippen molar-refractivity contribution in [3.05, 3.63) is 0 Å². The molecule has 4 rings (SSSR count). The molecule has 0 aromatic carbocycles. The van der Waals surface area contributed by atoms with Crippen LogP contribution >= 0.6 is 24.0 Å². The predicted molar refractivity (Wildman–Crippen MR) is 132 cm³/mol. The molecule has 0 aromatic heterocycles. The van der Waals surface area contributed by atoms with E-state index in [1.54, 1.807) is 0 Å². The maximum absolute atomic E-state index is 4.59. The van der Waals surface area contributed by atoms with Crippen LogP contribution in [0.2, 0.25) is 0 Å². The number of rotatable bonds is 5. The lowest BCUT2D eigenvalue weighted by Crippen LogP contribution is -2.62. The molecule has 2 N–H and O–H groups in total. The number of guanidine groups is 1. The van der Waals surface area contributed by atoms with E-state index in [-0.39, 0.29) is 24.0 Å². The van der Waals surface area contributed by atoms with Crippen molar-refractivity contribution in [1.82, 2.24) is 25.3 Å². The maximum Gasteiger partial charge on any atom is 0.191 e. The Kier molecular flexibility index (Phi) is 8.49. The van der Waals surface area contributed by atoms with Crippen molar-refractivity contribution in [2.24, 2.45) is 10.9 Å². The lowest BCUT2D eigenvalue weighted by atomic mass is 9.84. The van der Waals surface area contributed by atoms with Crippen LogP contribution < -0.4 is 10.6 Å². The molecule has 168 valence electrons. The molecule has 0 amide bonds. The highest BCUT2D eigenvalue weighted by Crippen LogP contribution is 2.32. The van der Waals surface area contributed by atoms with Crippen molar-refractivity contribution >= 4 is 29.9 Å². The number of hydrogen-bond acceptors (Lipinski definition) is 4. The summed E-state index contributed by atoms with van der Waals surface area (Å²) in [6, 6.07) is 1.39. The van der Waals surface area contributed by atoms with E-state index in [4.69, 9.17) is 0 Å². The van der Waals surface area contributed by atoms with Gasteiger partial charge in [0, 0.05) is 44.3 Å². The largest absolute Gasteiger partial charge is 0.355 e. The molecule has 0 radical (unpaired) electrons. The minimum Gasteiger partial charge on any atom is -0.355 e. The van der Waals surface area contributed by atoms with Gasteiger partial charge < -0.3 is 15.5 Å². The van der Waals surface area contributed by atoms with Gasteiger partial charge in [0.15, 0.2) is 5.96 Å². The third-order valence-electron chi connectivity index (χ3n) is 7.78. The van der Waals surface area contributed by atoms with Gasteiger partial charge >= 0.3 is 0 Å². The number of aliphatic imine (C=N–C) groups is 1. The van der Waals surface area contributed by atoms with E-state index in [1.165, 1.54) is 84.2 Å². The standard InChI is InChI=1S/C22H42N6.HI/c1-18-15-27(19-7-8-19)16-20(18)25-21(23-2)24-17-22(9-13-26(3)14-10-22)28-11-5-4-6-12-28;/h18-20H,4-17H2,1-3H3,(H2,23,24,25);1H. The number of halogens is 1. The van der Waals surface area contributed by atoms with Crippen LogP contribution in [0.4, 0.5) is 0 Å². The summed E-state index contributed by atoms with van der Waals surface area (Å²) in [5, 5.41) is 7.52. The third kappa shape index (κ3) is 5.77. The lowest BCUT2D eigenvalue weighted by Gasteiger charge is -2.50. The molecule has 1 aliphatic carbocycles. The summed E-state index contributed by atoms with van der Waals surface area (Å²) in [7, 11) is 4.19. The second-order valence-electron chi connectivity index (χ2n) is 9.91. The van der Waals surface area contributed by atoms with Crippen molar-refractivity contribution in [3.8, 4) is 0 Å². The van der Waals surface area contributed by atoms with Crippen molar-refractivity contribution in [1.29, 1.82) is 0 Å². The van der Waals surface area contributed by atoms with Crippen molar-refractivity contribution in [3.63, 3.8) is 0 Å². The molecule has 4 aliphatic rings. The molecular weight excluding hydrogens is 475 g/mol. The normalized spacial score (nSPS) is 32.0. The van der Waals surface area contributed by atoms with Crippen molar-refractivity contribution in [2.45, 2.75) is 69.5 Å². The van der Waals surface area contributed by atoms with Gasteiger partial charge in [0.1, 0.15) is 0 Å². The molecular formula is C22H43IN6. The third-order valence-corrected chi connectivity index (χ3v) is 7.78. The van der Waals surface area contributed by atoms with E-state index in [0.717, 1.165) is 18.5 Å². The van der Waals surface area contributed by atoms with E-state index in [1.807, 2.05) is 7.05 Å². The molecule has 0 bridgehead atoms. The van der Waals surface area contributed by atoms with Crippen LogP contribution in [0, 0.1) is 5.92 Å². The van der Waals surface area contributed by atoms with E-state index in [9.17, 15) is 0 Å². The predicted octanol–water partition coefficient (Wildman–Crippen LogP) is 2.20. The molecule has 4 fully saturated rings. The minimum atomic E-state index is 0. The fourth-order valence-electron chi connectivity index (χ4n) is 5.56. The molecule has 2 unspecified atom stereocenters. The van der Waals surface area contributed by atoms with Gasteiger partial charge in [0.25, 0.3) is 0 Å². The van der Waals surface area contributed by atoms with E-state index in [0.29, 0.717) is 17.5 Å². The first-order valence-electron chi connectivity index (χ1n) is 11.7. The summed E-state index contributed by atoms with van der Waals surface area (Å²) >= 11 is 0. The van der Waals surface area contributed by atoms with Crippen molar-refractivity contribution in [2.75, 3.05) is 59.9 Å². The van der Waals surface area contributed by atoms with Crippen LogP contribution in [0.1, 0.15) is 51.9 Å². The highest BCUT2D eigenvalue weighted by molar-refractivity contribution is 14.0. The number of hydrogen-bond donors (Lipinski definition) is 2. The highest BCUT2D eigenvalue weighted by Gasteiger charge is 2.41. The van der Waals surface area contributed by atoms with E-state index >= 15 is 0 Å². The quantitative estimate of drug-likeness (QED) is 0.332. The summed E-state index contributed by atoms with van der Waals surface area (Å²) in [6.07, 6.45) is 9.46. The second-order valence-corrected chi connectivity index (χ2v) is 9.91. The molecule has 3 heterocycles. The average Bonchev–Trinajstić information content (AvgIpc) is 3.51. The topological polar surface area (TPSA) is 46.1 Å². The van der Waals surface area contributed by atoms with Crippen LogP contribution in [-0.4, -0.2) is 98.2 Å². The Balaban J connectivity index is 0.00000240. The Morgan fingerprint density at radius 3 is 2.34 bits per heavy atom. The molecule has 7 heteroatoms. The highest BCUT2D eigenvalue weighted by atomic mass is 127. The Morgan fingerprint density at radius 1 is 1.03 bits per heavy atom.